The Labute approximate surface area is 95.7 Å². The number of aromatic hydroxyl groups is 1. The van der Waals surface area contributed by atoms with E-state index in [1.165, 1.54) is 6.07 Å². The van der Waals surface area contributed by atoms with Gasteiger partial charge in [0.05, 0.1) is 0 Å². The molecule has 2 amide bonds. The summed E-state index contributed by atoms with van der Waals surface area (Å²) in [6.07, 6.45) is 0.952. The zero-order chi connectivity index (χ0) is 12.0. The van der Waals surface area contributed by atoms with Crippen molar-refractivity contribution in [1.82, 2.24) is 5.32 Å². The summed E-state index contributed by atoms with van der Waals surface area (Å²) in [6.45, 7) is 4.87. The molecular formula is C12H18N2O2. The molecule has 1 rings (SSSR count). The number of urea groups is 1. The van der Waals surface area contributed by atoms with Gasteiger partial charge in [0.1, 0.15) is 5.75 Å². The van der Waals surface area contributed by atoms with Crippen molar-refractivity contribution < 1.29 is 9.90 Å². The standard InChI is InChI=1S/C12H18N2O2/c1-9(2)6-7-13-12(16)14-10-4-3-5-11(15)8-10/h3-5,8-9,15H,6-7H2,1-2H3,(H2,13,14,16). The molecule has 16 heavy (non-hydrogen) atoms. The quantitative estimate of drug-likeness (QED) is 0.733. The number of anilines is 1. The average molecular weight is 222 g/mol. The van der Waals surface area contributed by atoms with Crippen molar-refractivity contribution in [3.05, 3.63) is 24.3 Å². The third kappa shape index (κ3) is 4.68. The number of hydrogen-bond acceptors (Lipinski definition) is 2. The van der Waals surface area contributed by atoms with Crippen molar-refractivity contribution in [2.24, 2.45) is 5.92 Å². The lowest BCUT2D eigenvalue weighted by atomic mass is 10.1. The van der Waals surface area contributed by atoms with Gasteiger partial charge in [-0.3, -0.25) is 0 Å². The molecule has 3 N–H and O–H groups in total. The Balaban J connectivity index is 2.34. The van der Waals surface area contributed by atoms with Crippen LogP contribution in [0.3, 0.4) is 0 Å². The Bertz CT molecular complexity index is 351. The summed E-state index contributed by atoms with van der Waals surface area (Å²) >= 11 is 0. The van der Waals surface area contributed by atoms with Gasteiger partial charge in [0.25, 0.3) is 0 Å². The lowest BCUT2D eigenvalue weighted by Crippen LogP contribution is -2.30. The van der Waals surface area contributed by atoms with Crippen molar-refractivity contribution in [3.8, 4) is 5.75 Å². The van der Waals surface area contributed by atoms with Crippen LogP contribution in [0.15, 0.2) is 24.3 Å². The average Bonchev–Trinajstić information content (AvgIpc) is 2.16. The highest BCUT2D eigenvalue weighted by molar-refractivity contribution is 5.89. The zero-order valence-corrected chi connectivity index (χ0v) is 9.66. The van der Waals surface area contributed by atoms with Crippen LogP contribution in [0.4, 0.5) is 10.5 Å². The van der Waals surface area contributed by atoms with E-state index in [2.05, 4.69) is 24.5 Å². The molecule has 0 heterocycles. The molecule has 0 saturated carbocycles. The number of benzene rings is 1. The number of rotatable bonds is 4. The summed E-state index contributed by atoms with van der Waals surface area (Å²) < 4.78 is 0. The van der Waals surface area contributed by atoms with Crippen molar-refractivity contribution >= 4 is 11.7 Å². The second kappa shape index (κ2) is 6.00. The molecule has 0 aliphatic carbocycles. The molecular weight excluding hydrogens is 204 g/mol. The van der Waals surface area contributed by atoms with Gasteiger partial charge >= 0.3 is 6.03 Å². The smallest absolute Gasteiger partial charge is 0.319 e. The molecule has 0 radical (unpaired) electrons. The molecule has 0 atom stereocenters. The van der Waals surface area contributed by atoms with E-state index in [1.807, 2.05) is 0 Å². The minimum absolute atomic E-state index is 0.139. The largest absolute Gasteiger partial charge is 0.508 e. The summed E-state index contributed by atoms with van der Waals surface area (Å²) in [5.74, 6) is 0.709. The highest BCUT2D eigenvalue weighted by atomic mass is 16.3. The fourth-order valence-corrected chi connectivity index (χ4v) is 1.23. The van der Waals surface area contributed by atoms with Crippen LogP contribution in [0, 0.1) is 5.92 Å². The monoisotopic (exact) mass is 222 g/mol. The van der Waals surface area contributed by atoms with E-state index in [1.54, 1.807) is 18.2 Å². The summed E-state index contributed by atoms with van der Waals surface area (Å²) in [5.41, 5.74) is 0.585. The number of phenolic OH excluding ortho intramolecular Hbond substituents is 1. The fraction of sp³-hybridized carbons (Fsp3) is 0.417. The Hall–Kier alpha value is -1.71. The molecule has 0 aromatic heterocycles. The predicted octanol–water partition coefficient (Wildman–Crippen LogP) is 2.56. The van der Waals surface area contributed by atoms with Crippen LogP contribution in [0.5, 0.6) is 5.75 Å². The molecule has 4 heteroatoms. The highest BCUT2D eigenvalue weighted by Crippen LogP contribution is 2.14. The van der Waals surface area contributed by atoms with Crippen LogP contribution in [0.1, 0.15) is 20.3 Å². The van der Waals surface area contributed by atoms with E-state index in [4.69, 9.17) is 0 Å². The maximum Gasteiger partial charge on any atom is 0.319 e. The fourth-order valence-electron chi connectivity index (χ4n) is 1.23. The second-order valence-electron chi connectivity index (χ2n) is 4.11. The highest BCUT2D eigenvalue weighted by Gasteiger charge is 2.01. The summed E-state index contributed by atoms with van der Waals surface area (Å²) in [7, 11) is 0. The van der Waals surface area contributed by atoms with E-state index >= 15 is 0 Å². The van der Waals surface area contributed by atoms with Gasteiger partial charge in [0.2, 0.25) is 0 Å². The van der Waals surface area contributed by atoms with Crippen LogP contribution < -0.4 is 10.6 Å². The first-order chi connectivity index (χ1) is 7.58. The Morgan fingerprint density at radius 2 is 2.19 bits per heavy atom. The predicted molar refractivity (Wildman–Crippen MR) is 64.6 cm³/mol. The van der Waals surface area contributed by atoms with Crippen molar-refractivity contribution in [2.75, 3.05) is 11.9 Å². The van der Waals surface area contributed by atoms with E-state index in [0.717, 1.165) is 6.42 Å². The van der Waals surface area contributed by atoms with Gasteiger partial charge in [-0.05, 0) is 24.5 Å². The van der Waals surface area contributed by atoms with Gasteiger partial charge in [-0.25, -0.2) is 4.79 Å². The first kappa shape index (κ1) is 12.4. The molecule has 1 aromatic carbocycles. The third-order valence-corrected chi connectivity index (χ3v) is 2.11. The summed E-state index contributed by atoms with van der Waals surface area (Å²) in [6, 6.07) is 6.22. The molecule has 1 aromatic rings. The molecule has 0 aliphatic rings. The molecule has 0 aliphatic heterocycles. The van der Waals surface area contributed by atoms with Crippen LogP contribution in [0.25, 0.3) is 0 Å². The SMILES string of the molecule is CC(C)CCNC(=O)Nc1cccc(O)c1. The number of phenols is 1. The van der Waals surface area contributed by atoms with E-state index in [0.29, 0.717) is 18.2 Å². The van der Waals surface area contributed by atoms with Gasteiger partial charge in [0.15, 0.2) is 0 Å². The zero-order valence-electron chi connectivity index (χ0n) is 9.66. The molecule has 0 saturated heterocycles. The van der Waals surface area contributed by atoms with Crippen LogP contribution in [-0.2, 0) is 0 Å². The topological polar surface area (TPSA) is 61.4 Å². The Kier molecular flexibility index (Phi) is 4.64. The number of amides is 2. The minimum atomic E-state index is -0.244. The molecule has 0 bridgehead atoms. The van der Waals surface area contributed by atoms with Gasteiger partial charge in [-0.15, -0.1) is 0 Å². The second-order valence-corrected chi connectivity index (χ2v) is 4.11. The normalized spacial score (nSPS) is 10.2. The van der Waals surface area contributed by atoms with Gasteiger partial charge < -0.3 is 15.7 Å². The maximum atomic E-state index is 11.4. The molecule has 0 spiro atoms. The van der Waals surface area contributed by atoms with Gasteiger partial charge in [-0.2, -0.15) is 0 Å². The van der Waals surface area contributed by atoms with E-state index in [-0.39, 0.29) is 11.8 Å². The summed E-state index contributed by atoms with van der Waals surface area (Å²) in [5, 5.41) is 14.6. The number of carbonyl (C=O) groups is 1. The lowest BCUT2D eigenvalue weighted by Gasteiger charge is -2.08. The first-order valence-electron chi connectivity index (χ1n) is 5.42. The Morgan fingerprint density at radius 1 is 1.44 bits per heavy atom. The van der Waals surface area contributed by atoms with E-state index in [9.17, 15) is 9.90 Å². The van der Waals surface area contributed by atoms with Crippen LogP contribution in [0.2, 0.25) is 0 Å². The van der Waals surface area contributed by atoms with Gasteiger partial charge in [-0.1, -0.05) is 19.9 Å². The Morgan fingerprint density at radius 3 is 2.81 bits per heavy atom. The molecule has 88 valence electrons. The van der Waals surface area contributed by atoms with Crippen molar-refractivity contribution in [3.63, 3.8) is 0 Å². The number of nitrogens with one attached hydrogen (secondary N) is 2. The van der Waals surface area contributed by atoms with Crippen LogP contribution >= 0.6 is 0 Å². The maximum absolute atomic E-state index is 11.4. The molecule has 0 fully saturated rings. The molecule has 4 nitrogen and oxygen atoms in total. The van der Waals surface area contributed by atoms with Gasteiger partial charge in [0, 0.05) is 18.3 Å². The minimum Gasteiger partial charge on any atom is -0.508 e. The van der Waals surface area contributed by atoms with Crippen molar-refractivity contribution in [2.45, 2.75) is 20.3 Å². The number of carbonyl (C=O) groups excluding carboxylic acids is 1. The lowest BCUT2D eigenvalue weighted by molar-refractivity contribution is 0.251. The van der Waals surface area contributed by atoms with E-state index < -0.39 is 0 Å². The van der Waals surface area contributed by atoms with Crippen LogP contribution in [-0.4, -0.2) is 17.7 Å². The number of hydrogen-bond donors (Lipinski definition) is 3. The third-order valence-electron chi connectivity index (χ3n) is 2.11. The molecule has 0 unspecified atom stereocenters. The first-order valence-corrected chi connectivity index (χ1v) is 5.42. The van der Waals surface area contributed by atoms with Crippen molar-refractivity contribution in [1.29, 1.82) is 0 Å². The summed E-state index contributed by atoms with van der Waals surface area (Å²) in [4.78, 5) is 11.4.